The van der Waals surface area contributed by atoms with Crippen LogP contribution in [0.25, 0.3) is 0 Å². The summed E-state index contributed by atoms with van der Waals surface area (Å²) in [6.45, 7) is 4.40. The molecule has 0 aromatic heterocycles. The number of rotatable bonds is 4. The zero-order chi connectivity index (χ0) is 13.8. The van der Waals surface area contributed by atoms with Crippen LogP contribution in [0.5, 0.6) is 0 Å². The summed E-state index contributed by atoms with van der Waals surface area (Å²) < 4.78 is 18.7. The van der Waals surface area contributed by atoms with Crippen molar-refractivity contribution in [3.63, 3.8) is 0 Å². The topological polar surface area (TPSA) is 49.8 Å². The average Bonchev–Trinajstić information content (AvgIpc) is 2.40. The fraction of sp³-hybridized carbons (Fsp3) is 0.500. The molecule has 0 saturated carbocycles. The maximum atomic E-state index is 13.4. The first-order valence-corrected chi connectivity index (χ1v) is 6.37. The second-order valence-corrected chi connectivity index (χ2v) is 4.76. The maximum absolute atomic E-state index is 13.4. The molecule has 1 heterocycles. The van der Waals surface area contributed by atoms with Crippen LogP contribution in [0.4, 0.5) is 4.39 Å². The fourth-order valence-electron chi connectivity index (χ4n) is 2.46. The van der Waals surface area contributed by atoms with E-state index in [0.717, 1.165) is 11.1 Å². The highest BCUT2D eigenvalue weighted by molar-refractivity contribution is 5.68. The number of ether oxygens (including phenoxy) is 1. The number of carboxylic acids is 1. The van der Waals surface area contributed by atoms with E-state index >= 15 is 0 Å². The molecule has 1 aliphatic rings. The molecule has 0 amide bonds. The molecule has 1 N–H and O–H groups in total. The molecule has 4 nitrogen and oxygen atoms in total. The number of aryl methyl sites for hydroxylation is 1. The highest BCUT2D eigenvalue weighted by atomic mass is 19.1. The Labute approximate surface area is 111 Å². The zero-order valence-electron chi connectivity index (χ0n) is 10.9. The summed E-state index contributed by atoms with van der Waals surface area (Å²) in [5, 5.41) is 9.08. The summed E-state index contributed by atoms with van der Waals surface area (Å²) in [6, 6.07) is 4.24. The van der Waals surface area contributed by atoms with Crippen LogP contribution in [0.15, 0.2) is 18.2 Å². The molecule has 0 spiro atoms. The normalized spacial score (nSPS) is 18.2. The van der Waals surface area contributed by atoms with Crippen LogP contribution in [0.1, 0.15) is 23.6 Å². The van der Waals surface area contributed by atoms with Gasteiger partial charge >= 0.3 is 5.97 Å². The zero-order valence-corrected chi connectivity index (χ0v) is 10.9. The van der Waals surface area contributed by atoms with Crippen molar-refractivity contribution < 1.29 is 19.0 Å². The Morgan fingerprint density at radius 2 is 2.16 bits per heavy atom. The van der Waals surface area contributed by atoms with E-state index in [0.29, 0.717) is 26.3 Å². The van der Waals surface area contributed by atoms with Gasteiger partial charge in [0.1, 0.15) is 5.82 Å². The molecular formula is C14H18FNO3. The van der Waals surface area contributed by atoms with E-state index < -0.39 is 5.97 Å². The van der Waals surface area contributed by atoms with Crippen LogP contribution in [0.3, 0.4) is 0 Å². The predicted octanol–water partition coefficient (Wildman–Crippen LogP) is 1.98. The Hall–Kier alpha value is -1.46. The number of hydrogen-bond donors (Lipinski definition) is 1. The SMILES string of the molecule is Cc1ccc(F)cc1C(CC(=O)O)N1CCOCC1. The van der Waals surface area contributed by atoms with Crippen LogP contribution in [0.2, 0.25) is 0 Å². The van der Waals surface area contributed by atoms with E-state index in [2.05, 4.69) is 4.90 Å². The standard InChI is InChI=1S/C14H18FNO3/c1-10-2-3-11(15)8-12(10)13(9-14(17)18)16-4-6-19-7-5-16/h2-3,8,13H,4-7,9H2,1H3,(H,17,18). The van der Waals surface area contributed by atoms with Gasteiger partial charge in [0.25, 0.3) is 0 Å². The number of benzene rings is 1. The van der Waals surface area contributed by atoms with Crippen molar-refractivity contribution >= 4 is 5.97 Å². The number of halogens is 1. The maximum Gasteiger partial charge on any atom is 0.305 e. The van der Waals surface area contributed by atoms with Gasteiger partial charge in [-0.2, -0.15) is 0 Å². The molecule has 1 aromatic rings. The second kappa shape index (κ2) is 6.12. The first kappa shape index (κ1) is 14.0. The molecular weight excluding hydrogens is 249 g/mol. The molecule has 0 radical (unpaired) electrons. The molecule has 1 aromatic carbocycles. The van der Waals surface area contributed by atoms with Crippen molar-refractivity contribution in [2.24, 2.45) is 0 Å². The van der Waals surface area contributed by atoms with Crippen LogP contribution in [-0.4, -0.2) is 42.3 Å². The number of morpholine rings is 1. The van der Waals surface area contributed by atoms with Crippen molar-refractivity contribution in [1.82, 2.24) is 4.90 Å². The quantitative estimate of drug-likeness (QED) is 0.906. The lowest BCUT2D eigenvalue weighted by molar-refractivity contribution is -0.139. The highest BCUT2D eigenvalue weighted by Gasteiger charge is 2.26. The minimum Gasteiger partial charge on any atom is -0.481 e. The molecule has 1 aliphatic heterocycles. The summed E-state index contributed by atoms with van der Waals surface area (Å²) in [5.41, 5.74) is 1.67. The third-order valence-corrected chi connectivity index (χ3v) is 3.45. The first-order valence-electron chi connectivity index (χ1n) is 6.37. The lowest BCUT2D eigenvalue weighted by Gasteiger charge is -2.34. The first-order chi connectivity index (χ1) is 9.08. The van der Waals surface area contributed by atoms with Crippen LogP contribution >= 0.6 is 0 Å². The molecule has 1 saturated heterocycles. The van der Waals surface area contributed by atoms with E-state index in [-0.39, 0.29) is 18.3 Å². The van der Waals surface area contributed by atoms with E-state index in [1.165, 1.54) is 12.1 Å². The summed E-state index contributed by atoms with van der Waals surface area (Å²) in [4.78, 5) is 13.1. The number of aliphatic carboxylic acids is 1. The van der Waals surface area contributed by atoms with E-state index in [9.17, 15) is 9.18 Å². The molecule has 0 aliphatic carbocycles. The van der Waals surface area contributed by atoms with Crippen LogP contribution < -0.4 is 0 Å². The monoisotopic (exact) mass is 267 g/mol. The molecule has 19 heavy (non-hydrogen) atoms. The van der Waals surface area contributed by atoms with Gasteiger partial charge in [-0.3, -0.25) is 9.69 Å². The second-order valence-electron chi connectivity index (χ2n) is 4.76. The minimum atomic E-state index is -0.875. The Kier molecular flexibility index (Phi) is 4.50. The molecule has 104 valence electrons. The molecule has 5 heteroatoms. The van der Waals surface area contributed by atoms with Gasteiger partial charge in [-0.1, -0.05) is 6.07 Å². The number of carbonyl (C=O) groups is 1. The summed E-state index contributed by atoms with van der Waals surface area (Å²) in [7, 11) is 0. The van der Waals surface area contributed by atoms with Crippen molar-refractivity contribution in [1.29, 1.82) is 0 Å². The fourth-order valence-corrected chi connectivity index (χ4v) is 2.46. The third kappa shape index (κ3) is 3.52. The Balaban J connectivity index is 2.29. The molecule has 1 fully saturated rings. The average molecular weight is 267 g/mol. The Morgan fingerprint density at radius 1 is 1.47 bits per heavy atom. The van der Waals surface area contributed by atoms with Gasteiger partial charge in [0.15, 0.2) is 0 Å². The van der Waals surface area contributed by atoms with Crippen LogP contribution in [0, 0.1) is 12.7 Å². The van der Waals surface area contributed by atoms with Gasteiger partial charge in [-0.05, 0) is 30.2 Å². The predicted molar refractivity (Wildman–Crippen MR) is 68.5 cm³/mol. The van der Waals surface area contributed by atoms with Gasteiger partial charge in [-0.25, -0.2) is 4.39 Å². The van der Waals surface area contributed by atoms with E-state index in [1.54, 1.807) is 6.07 Å². The summed E-state index contributed by atoms with van der Waals surface area (Å²) in [6.07, 6.45) is -0.0235. The van der Waals surface area contributed by atoms with Gasteiger partial charge < -0.3 is 9.84 Å². The van der Waals surface area contributed by atoms with Crippen molar-refractivity contribution in [2.75, 3.05) is 26.3 Å². The summed E-state index contributed by atoms with van der Waals surface area (Å²) >= 11 is 0. The third-order valence-electron chi connectivity index (χ3n) is 3.45. The van der Waals surface area contributed by atoms with Gasteiger partial charge in [0, 0.05) is 19.1 Å². The highest BCUT2D eigenvalue weighted by Crippen LogP contribution is 2.28. The largest absolute Gasteiger partial charge is 0.481 e. The van der Waals surface area contributed by atoms with Crippen LogP contribution in [-0.2, 0) is 9.53 Å². The minimum absolute atomic E-state index is 0.0235. The molecule has 1 atom stereocenters. The molecule has 1 unspecified atom stereocenters. The van der Waals surface area contributed by atoms with Gasteiger partial charge in [-0.15, -0.1) is 0 Å². The van der Waals surface area contributed by atoms with Gasteiger partial charge in [0.05, 0.1) is 19.6 Å². The number of carboxylic acid groups (broad SMARTS) is 1. The van der Waals surface area contributed by atoms with E-state index in [1.807, 2.05) is 6.92 Å². The smallest absolute Gasteiger partial charge is 0.305 e. The van der Waals surface area contributed by atoms with Crippen molar-refractivity contribution in [3.8, 4) is 0 Å². The lowest BCUT2D eigenvalue weighted by atomic mass is 9.96. The summed E-state index contributed by atoms with van der Waals surface area (Å²) in [5.74, 6) is -1.20. The molecule has 0 bridgehead atoms. The van der Waals surface area contributed by atoms with Gasteiger partial charge in [0.2, 0.25) is 0 Å². The Bertz CT molecular complexity index is 458. The number of hydrogen-bond acceptors (Lipinski definition) is 3. The Morgan fingerprint density at radius 3 is 2.79 bits per heavy atom. The molecule has 2 rings (SSSR count). The van der Waals surface area contributed by atoms with Crippen molar-refractivity contribution in [2.45, 2.75) is 19.4 Å². The van der Waals surface area contributed by atoms with E-state index in [4.69, 9.17) is 9.84 Å². The lowest BCUT2D eigenvalue weighted by Crippen LogP contribution is -2.40. The number of nitrogens with zero attached hydrogens (tertiary/aromatic N) is 1. The van der Waals surface area contributed by atoms with Crippen molar-refractivity contribution in [3.05, 3.63) is 35.1 Å².